The van der Waals surface area contributed by atoms with Crippen molar-refractivity contribution in [2.45, 2.75) is 64.8 Å². The Bertz CT molecular complexity index is 479. The van der Waals surface area contributed by atoms with Gasteiger partial charge >= 0.3 is 0 Å². The van der Waals surface area contributed by atoms with Gasteiger partial charge in [-0.15, -0.1) is 0 Å². The number of carbonyl (C=O) groups excluding carboxylic acids is 2. The van der Waals surface area contributed by atoms with Crippen molar-refractivity contribution in [3.05, 3.63) is 0 Å². The third-order valence-electron chi connectivity index (χ3n) is 6.68. The fourth-order valence-corrected chi connectivity index (χ4v) is 5.13. The summed E-state index contributed by atoms with van der Waals surface area (Å²) in [5.74, 6) is 2.15. The first kappa shape index (κ1) is 18.7. The van der Waals surface area contributed by atoms with E-state index >= 15 is 0 Å². The summed E-state index contributed by atoms with van der Waals surface area (Å²) in [6.45, 7) is 6.20. The number of amides is 2. The molecule has 5 heteroatoms. The van der Waals surface area contributed by atoms with Crippen LogP contribution in [0.1, 0.15) is 58.8 Å². The minimum absolute atomic E-state index is 0.0205. The summed E-state index contributed by atoms with van der Waals surface area (Å²) >= 11 is 0. The maximum absolute atomic E-state index is 13.1. The summed E-state index contributed by atoms with van der Waals surface area (Å²) in [5.41, 5.74) is 6.37. The molecule has 3 N–H and O–H groups in total. The molecule has 0 aromatic rings. The van der Waals surface area contributed by atoms with Crippen LogP contribution in [0.2, 0.25) is 0 Å². The Kier molecular flexibility index (Phi) is 6.03. The Morgan fingerprint density at radius 1 is 1.12 bits per heavy atom. The van der Waals surface area contributed by atoms with Gasteiger partial charge in [0.2, 0.25) is 11.8 Å². The van der Waals surface area contributed by atoms with Crippen LogP contribution in [0.25, 0.3) is 0 Å². The number of nitrogens with two attached hydrogens (primary N) is 1. The maximum Gasteiger partial charge on any atom is 0.225 e. The van der Waals surface area contributed by atoms with Crippen molar-refractivity contribution < 1.29 is 9.59 Å². The molecule has 2 saturated carbocycles. The van der Waals surface area contributed by atoms with Crippen LogP contribution >= 0.6 is 0 Å². The number of nitrogens with one attached hydrogen (secondary N) is 1. The minimum atomic E-state index is 0.0205. The zero-order valence-corrected chi connectivity index (χ0v) is 15.9. The van der Waals surface area contributed by atoms with Crippen molar-refractivity contribution in [1.29, 1.82) is 0 Å². The largest absolute Gasteiger partial charge is 0.356 e. The van der Waals surface area contributed by atoms with Gasteiger partial charge in [0.1, 0.15) is 0 Å². The van der Waals surface area contributed by atoms with E-state index in [4.69, 9.17) is 5.73 Å². The van der Waals surface area contributed by atoms with Gasteiger partial charge in [-0.1, -0.05) is 20.3 Å². The number of hydrogen-bond acceptors (Lipinski definition) is 3. The fourth-order valence-electron chi connectivity index (χ4n) is 5.13. The number of nitrogens with zero attached hydrogens (tertiary/aromatic N) is 1. The van der Waals surface area contributed by atoms with Crippen LogP contribution < -0.4 is 11.1 Å². The van der Waals surface area contributed by atoms with E-state index < -0.39 is 0 Å². The highest BCUT2D eigenvalue weighted by Crippen LogP contribution is 2.42. The first-order chi connectivity index (χ1) is 12.0. The predicted octanol–water partition coefficient (Wildman–Crippen LogP) is 2.15. The van der Waals surface area contributed by atoms with Crippen molar-refractivity contribution >= 4 is 11.8 Å². The minimum Gasteiger partial charge on any atom is -0.356 e. The molecule has 0 spiro atoms. The average molecular weight is 350 g/mol. The van der Waals surface area contributed by atoms with E-state index in [0.717, 1.165) is 38.8 Å². The molecule has 3 aliphatic rings. The highest BCUT2D eigenvalue weighted by molar-refractivity contribution is 5.79. The number of piperidine rings is 1. The molecule has 3 fully saturated rings. The van der Waals surface area contributed by atoms with Crippen LogP contribution in [0.15, 0.2) is 0 Å². The highest BCUT2D eigenvalue weighted by Gasteiger charge is 2.42. The van der Waals surface area contributed by atoms with E-state index in [9.17, 15) is 9.59 Å². The maximum atomic E-state index is 13.1. The zero-order chi connectivity index (χ0) is 18.0. The molecule has 0 radical (unpaired) electrons. The molecule has 3 rings (SSSR count). The molecule has 25 heavy (non-hydrogen) atoms. The standard InChI is InChI=1S/C20H35N3O2/c1-13(2)19(24)22-11-14-5-4-8-23(12-14)20(25)17-9-15-6-3-7-16(10-17)18(15)21/h13-18H,3-12,21H2,1-2H3,(H,22,24). The lowest BCUT2D eigenvalue weighted by atomic mass is 9.65. The molecule has 1 heterocycles. The molecule has 142 valence electrons. The third-order valence-corrected chi connectivity index (χ3v) is 6.68. The SMILES string of the molecule is CC(C)C(=O)NCC1CCCN(C(=O)C2CC3CCCC(C2)C3N)C1. The Balaban J connectivity index is 1.52. The Hall–Kier alpha value is -1.10. The molecule has 2 amide bonds. The molecular formula is C20H35N3O2. The summed E-state index contributed by atoms with van der Waals surface area (Å²) in [6.07, 6.45) is 7.81. The summed E-state index contributed by atoms with van der Waals surface area (Å²) in [7, 11) is 0. The molecule has 1 aliphatic heterocycles. The van der Waals surface area contributed by atoms with E-state index in [-0.39, 0.29) is 17.7 Å². The highest BCUT2D eigenvalue weighted by atomic mass is 16.2. The lowest BCUT2D eigenvalue weighted by Gasteiger charge is -2.45. The molecule has 0 aromatic heterocycles. The first-order valence-corrected chi connectivity index (χ1v) is 10.3. The van der Waals surface area contributed by atoms with E-state index in [2.05, 4.69) is 10.2 Å². The Labute approximate surface area is 152 Å². The summed E-state index contributed by atoms with van der Waals surface area (Å²) in [5, 5.41) is 3.04. The van der Waals surface area contributed by atoms with E-state index in [0.29, 0.717) is 36.2 Å². The number of carbonyl (C=O) groups is 2. The first-order valence-electron chi connectivity index (χ1n) is 10.3. The van der Waals surface area contributed by atoms with Crippen molar-refractivity contribution in [3.8, 4) is 0 Å². The van der Waals surface area contributed by atoms with Gasteiger partial charge in [0.25, 0.3) is 0 Å². The van der Waals surface area contributed by atoms with Crippen LogP contribution in [0.4, 0.5) is 0 Å². The van der Waals surface area contributed by atoms with Crippen LogP contribution in [0, 0.1) is 29.6 Å². The number of likely N-dealkylation sites (tertiary alicyclic amines) is 1. The van der Waals surface area contributed by atoms with Gasteiger partial charge in [-0.2, -0.15) is 0 Å². The molecule has 2 bridgehead atoms. The average Bonchev–Trinajstić information content (AvgIpc) is 2.59. The van der Waals surface area contributed by atoms with Gasteiger partial charge in [-0.25, -0.2) is 0 Å². The molecular weight excluding hydrogens is 314 g/mol. The van der Waals surface area contributed by atoms with E-state index in [1.165, 1.54) is 19.3 Å². The Morgan fingerprint density at radius 2 is 1.80 bits per heavy atom. The normalized spacial score (nSPS) is 35.5. The van der Waals surface area contributed by atoms with Crippen molar-refractivity contribution in [2.24, 2.45) is 35.3 Å². The number of fused-ring (bicyclic) bond motifs is 2. The van der Waals surface area contributed by atoms with Crippen molar-refractivity contribution in [1.82, 2.24) is 10.2 Å². The van der Waals surface area contributed by atoms with Crippen molar-refractivity contribution in [3.63, 3.8) is 0 Å². The van der Waals surface area contributed by atoms with Crippen LogP contribution in [0.5, 0.6) is 0 Å². The van der Waals surface area contributed by atoms with Gasteiger partial charge in [0, 0.05) is 37.5 Å². The summed E-state index contributed by atoms with van der Waals surface area (Å²) < 4.78 is 0. The van der Waals surface area contributed by atoms with Gasteiger partial charge in [0.05, 0.1) is 0 Å². The summed E-state index contributed by atoms with van der Waals surface area (Å²) in [6, 6.07) is 0.318. The van der Waals surface area contributed by atoms with Gasteiger partial charge in [-0.05, 0) is 56.3 Å². The topological polar surface area (TPSA) is 75.4 Å². The van der Waals surface area contributed by atoms with Crippen LogP contribution in [0.3, 0.4) is 0 Å². The summed E-state index contributed by atoms with van der Waals surface area (Å²) in [4.78, 5) is 26.9. The Morgan fingerprint density at radius 3 is 2.44 bits per heavy atom. The van der Waals surface area contributed by atoms with Gasteiger partial charge in [0.15, 0.2) is 0 Å². The second kappa shape index (κ2) is 8.07. The fraction of sp³-hybridized carbons (Fsp3) is 0.900. The van der Waals surface area contributed by atoms with E-state index in [1.807, 2.05) is 13.8 Å². The second-order valence-electron chi connectivity index (χ2n) is 8.89. The molecule has 2 aliphatic carbocycles. The van der Waals surface area contributed by atoms with E-state index in [1.54, 1.807) is 0 Å². The number of hydrogen-bond donors (Lipinski definition) is 2. The van der Waals surface area contributed by atoms with Gasteiger partial charge in [-0.3, -0.25) is 9.59 Å². The van der Waals surface area contributed by atoms with Crippen LogP contribution in [-0.4, -0.2) is 42.4 Å². The predicted molar refractivity (Wildman–Crippen MR) is 98.7 cm³/mol. The third kappa shape index (κ3) is 4.36. The van der Waals surface area contributed by atoms with Crippen LogP contribution in [-0.2, 0) is 9.59 Å². The molecule has 0 aromatic carbocycles. The monoisotopic (exact) mass is 349 g/mol. The molecule has 1 saturated heterocycles. The lowest BCUT2D eigenvalue weighted by molar-refractivity contribution is -0.140. The quantitative estimate of drug-likeness (QED) is 0.816. The molecule has 3 unspecified atom stereocenters. The second-order valence-corrected chi connectivity index (χ2v) is 8.89. The zero-order valence-electron chi connectivity index (χ0n) is 15.9. The van der Waals surface area contributed by atoms with Gasteiger partial charge < -0.3 is 16.0 Å². The number of rotatable bonds is 4. The lowest BCUT2D eigenvalue weighted by Crippen LogP contribution is -2.51. The molecule has 3 atom stereocenters. The molecule has 5 nitrogen and oxygen atoms in total. The van der Waals surface area contributed by atoms with Crippen molar-refractivity contribution in [2.75, 3.05) is 19.6 Å². The smallest absolute Gasteiger partial charge is 0.225 e.